The van der Waals surface area contributed by atoms with E-state index in [0.717, 1.165) is 81.1 Å². The van der Waals surface area contributed by atoms with Gasteiger partial charge in [-0.2, -0.15) is 0 Å². The summed E-state index contributed by atoms with van der Waals surface area (Å²) in [6.07, 6.45) is 10.7. The summed E-state index contributed by atoms with van der Waals surface area (Å²) in [5.74, 6) is 0.155. The molecule has 5 atom stereocenters. The molecule has 0 radical (unpaired) electrons. The zero-order chi connectivity index (χ0) is 31.8. The molecule has 2 aliphatic heterocycles. The number of aliphatic hydroxyl groups excluding tert-OH is 1. The number of carbonyl (C=O) groups excluding carboxylic acids is 3. The van der Waals surface area contributed by atoms with Gasteiger partial charge in [-0.05, 0) is 73.5 Å². The maximum absolute atomic E-state index is 14.5. The normalized spacial score (nSPS) is 27.5. The van der Waals surface area contributed by atoms with E-state index in [1.807, 2.05) is 30.3 Å². The SMILES string of the molecule is CCC1CC2CCc3cccc(c3O2)CCCNC(=O)[C@@H](Cc2ccccc2)NC(=O)[C@H](CO)N(C)C(=O)[C@@H]1C1CCCCC1. The van der Waals surface area contributed by atoms with E-state index in [0.29, 0.717) is 13.0 Å². The standard InChI is InChI=1S/C37H51N3O5/c1-3-26-23-30-20-19-29-17-10-16-28(34(29)45-30)18-11-21-38-35(42)31(22-25-12-6-4-7-13-25)39-36(43)32(24-41)40(2)37(44)33(26)27-14-8-5-9-15-27/h4,6-7,10,12-13,16-17,26-27,30-33,41H,3,5,8-9,11,14-15,18-24H2,1-2H3,(H,38,42)(H,39,43)/t26?,30?,31-,32+,33+/m1/s1. The van der Waals surface area contributed by atoms with Crippen molar-refractivity contribution in [3.8, 4) is 5.75 Å². The molecule has 3 aliphatic rings. The van der Waals surface area contributed by atoms with Crippen LogP contribution in [0.2, 0.25) is 0 Å². The summed E-state index contributed by atoms with van der Waals surface area (Å²) in [6, 6.07) is 14.0. The molecule has 0 spiro atoms. The largest absolute Gasteiger partial charge is 0.490 e. The van der Waals surface area contributed by atoms with E-state index < -0.39 is 24.6 Å². The van der Waals surface area contributed by atoms with Gasteiger partial charge in [0.05, 0.1) is 12.7 Å². The lowest BCUT2D eigenvalue weighted by molar-refractivity contribution is -0.148. The highest BCUT2D eigenvalue weighted by atomic mass is 16.5. The number of nitrogens with zero attached hydrogens (tertiary/aromatic N) is 1. The fourth-order valence-electron chi connectivity index (χ4n) is 7.79. The zero-order valence-electron chi connectivity index (χ0n) is 27.0. The van der Waals surface area contributed by atoms with Crippen LogP contribution in [-0.4, -0.2) is 66.1 Å². The summed E-state index contributed by atoms with van der Waals surface area (Å²) < 4.78 is 6.74. The number of aryl methyl sites for hydroxylation is 2. The molecule has 0 saturated heterocycles. The first-order chi connectivity index (χ1) is 21.9. The van der Waals surface area contributed by atoms with E-state index in [2.05, 4.69) is 35.8 Å². The molecule has 45 heavy (non-hydrogen) atoms. The van der Waals surface area contributed by atoms with Crippen LogP contribution in [-0.2, 0) is 33.6 Å². The van der Waals surface area contributed by atoms with Crippen molar-refractivity contribution in [1.29, 1.82) is 0 Å². The number of rotatable bonds is 5. The molecular weight excluding hydrogens is 566 g/mol. The Balaban J connectivity index is 1.48. The summed E-state index contributed by atoms with van der Waals surface area (Å²) >= 11 is 0. The molecule has 1 aliphatic carbocycles. The Kier molecular flexibility index (Phi) is 11.5. The third-order valence-electron chi connectivity index (χ3n) is 10.4. The van der Waals surface area contributed by atoms with Crippen LogP contribution in [0, 0.1) is 17.8 Å². The number of nitrogens with one attached hydrogen (secondary N) is 2. The predicted molar refractivity (Wildman–Crippen MR) is 175 cm³/mol. The number of aliphatic hydroxyl groups is 1. The predicted octanol–water partition coefficient (Wildman–Crippen LogP) is 4.60. The number of fused-ring (bicyclic) bond motifs is 1. The lowest BCUT2D eigenvalue weighted by atomic mass is 9.70. The highest BCUT2D eigenvalue weighted by Crippen LogP contribution is 2.41. The van der Waals surface area contributed by atoms with Crippen molar-refractivity contribution >= 4 is 17.7 Å². The molecule has 2 aromatic carbocycles. The van der Waals surface area contributed by atoms with Gasteiger partial charge in [0.1, 0.15) is 17.8 Å². The number of ether oxygens (including phenoxy) is 1. The molecule has 0 aromatic heterocycles. The minimum atomic E-state index is -1.09. The van der Waals surface area contributed by atoms with Crippen LogP contribution in [0.5, 0.6) is 5.75 Å². The summed E-state index contributed by atoms with van der Waals surface area (Å²) in [6.45, 7) is 2.09. The van der Waals surface area contributed by atoms with Gasteiger partial charge >= 0.3 is 0 Å². The van der Waals surface area contributed by atoms with Crippen LogP contribution >= 0.6 is 0 Å². The highest BCUT2D eigenvalue weighted by molar-refractivity contribution is 5.92. The first kappa shape index (κ1) is 33.0. The van der Waals surface area contributed by atoms with Crippen LogP contribution in [0.1, 0.15) is 81.4 Å². The summed E-state index contributed by atoms with van der Waals surface area (Å²) in [5, 5.41) is 16.4. The first-order valence-corrected chi connectivity index (χ1v) is 17.2. The quantitative estimate of drug-likeness (QED) is 0.455. The van der Waals surface area contributed by atoms with Crippen molar-refractivity contribution in [1.82, 2.24) is 15.5 Å². The molecule has 2 unspecified atom stereocenters. The number of hydrogen-bond donors (Lipinski definition) is 3. The number of amides is 3. The highest BCUT2D eigenvalue weighted by Gasteiger charge is 2.41. The number of hydrogen-bond acceptors (Lipinski definition) is 5. The lowest BCUT2D eigenvalue weighted by Gasteiger charge is -2.40. The molecule has 3 N–H and O–H groups in total. The van der Waals surface area contributed by atoms with Gasteiger partial charge in [-0.1, -0.05) is 81.1 Å². The minimum absolute atomic E-state index is 0.0158. The van der Waals surface area contributed by atoms with Gasteiger partial charge in [-0.15, -0.1) is 0 Å². The lowest BCUT2D eigenvalue weighted by Crippen LogP contribution is -2.57. The maximum atomic E-state index is 14.5. The summed E-state index contributed by atoms with van der Waals surface area (Å²) in [7, 11) is 1.63. The molecule has 8 heteroatoms. The molecule has 2 aromatic rings. The number of benzene rings is 2. The second-order valence-corrected chi connectivity index (χ2v) is 13.3. The van der Waals surface area contributed by atoms with E-state index in [9.17, 15) is 19.5 Å². The topological polar surface area (TPSA) is 108 Å². The van der Waals surface area contributed by atoms with Crippen LogP contribution in [0.4, 0.5) is 0 Å². The van der Waals surface area contributed by atoms with Gasteiger partial charge in [0, 0.05) is 25.9 Å². The van der Waals surface area contributed by atoms with Gasteiger partial charge in [0.15, 0.2) is 0 Å². The van der Waals surface area contributed by atoms with Gasteiger partial charge in [-0.25, -0.2) is 0 Å². The molecule has 1 saturated carbocycles. The van der Waals surface area contributed by atoms with Crippen LogP contribution < -0.4 is 15.4 Å². The van der Waals surface area contributed by atoms with Gasteiger partial charge in [-0.3, -0.25) is 14.4 Å². The van der Waals surface area contributed by atoms with Gasteiger partial charge in [0.25, 0.3) is 0 Å². The average Bonchev–Trinajstić information content (AvgIpc) is 3.06. The summed E-state index contributed by atoms with van der Waals surface area (Å²) in [4.78, 5) is 43.2. The molecule has 8 nitrogen and oxygen atoms in total. The van der Waals surface area contributed by atoms with E-state index in [4.69, 9.17) is 4.74 Å². The van der Waals surface area contributed by atoms with Gasteiger partial charge in [0.2, 0.25) is 17.7 Å². The van der Waals surface area contributed by atoms with Crippen LogP contribution in [0.15, 0.2) is 48.5 Å². The molecule has 2 bridgehead atoms. The van der Waals surface area contributed by atoms with Crippen molar-refractivity contribution in [2.75, 3.05) is 20.2 Å². The van der Waals surface area contributed by atoms with Crippen molar-refractivity contribution in [3.63, 3.8) is 0 Å². The van der Waals surface area contributed by atoms with Crippen molar-refractivity contribution in [3.05, 3.63) is 65.2 Å². The third kappa shape index (κ3) is 8.07. The Morgan fingerprint density at radius 2 is 1.62 bits per heavy atom. The van der Waals surface area contributed by atoms with E-state index >= 15 is 0 Å². The Labute approximate surface area is 268 Å². The number of carbonyl (C=O) groups is 3. The van der Waals surface area contributed by atoms with E-state index in [1.165, 1.54) is 16.9 Å². The average molecular weight is 618 g/mol. The second-order valence-electron chi connectivity index (χ2n) is 13.3. The molecule has 2 heterocycles. The van der Waals surface area contributed by atoms with Crippen molar-refractivity contribution in [2.24, 2.45) is 17.8 Å². The fourth-order valence-corrected chi connectivity index (χ4v) is 7.79. The molecule has 5 rings (SSSR count). The fraction of sp³-hybridized carbons (Fsp3) is 0.595. The van der Waals surface area contributed by atoms with Crippen LogP contribution in [0.25, 0.3) is 0 Å². The zero-order valence-corrected chi connectivity index (χ0v) is 27.0. The minimum Gasteiger partial charge on any atom is -0.490 e. The Morgan fingerprint density at radius 3 is 2.33 bits per heavy atom. The van der Waals surface area contributed by atoms with Crippen LogP contribution in [0.3, 0.4) is 0 Å². The van der Waals surface area contributed by atoms with Crippen molar-refractivity contribution in [2.45, 2.75) is 102 Å². The van der Waals surface area contributed by atoms with Crippen molar-refractivity contribution < 1.29 is 24.2 Å². The third-order valence-corrected chi connectivity index (χ3v) is 10.4. The number of para-hydroxylation sites is 1. The molecule has 3 amide bonds. The maximum Gasteiger partial charge on any atom is 0.245 e. The second kappa shape index (κ2) is 15.7. The Bertz CT molecular complexity index is 1290. The summed E-state index contributed by atoms with van der Waals surface area (Å²) in [5.41, 5.74) is 3.29. The Morgan fingerprint density at radius 1 is 0.889 bits per heavy atom. The monoisotopic (exact) mass is 617 g/mol. The Hall–Kier alpha value is -3.39. The van der Waals surface area contributed by atoms with E-state index in [1.54, 1.807) is 7.05 Å². The molecule has 244 valence electrons. The smallest absolute Gasteiger partial charge is 0.245 e. The first-order valence-electron chi connectivity index (χ1n) is 17.2. The number of likely N-dealkylation sites (N-methyl/N-ethyl adjacent to an activating group) is 1. The molecule has 1 fully saturated rings. The van der Waals surface area contributed by atoms with Gasteiger partial charge < -0.3 is 25.4 Å². The molecular formula is C37H51N3O5. The van der Waals surface area contributed by atoms with E-state index in [-0.39, 0.29) is 35.7 Å².